The average Bonchev–Trinajstić information content (AvgIpc) is 3.28. The second-order valence-corrected chi connectivity index (χ2v) is 7.58. The third kappa shape index (κ3) is 5.17. The van der Waals surface area contributed by atoms with Crippen LogP contribution in [0.25, 0.3) is 0 Å². The van der Waals surface area contributed by atoms with Crippen LogP contribution in [0.1, 0.15) is 23.8 Å². The molecule has 0 bridgehead atoms. The van der Waals surface area contributed by atoms with Gasteiger partial charge < -0.3 is 25.3 Å². The predicted molar refractivity (Wildman–Crippen MR) is 114 cm³/mol. The van der Waals surface area contributed by atoms with Gasteiger partial charge in [-0.1, -0.05) is 6.08 Å². The number of nitrogens with one attached hydrogen (secondary N) is 1. The number of nitrogens with zero attached hydrogens (tertiary/aromatic N) is 1. The van der Waals surface area contributed by atoms with Gasteiger partial charge in [0.15, 0.2) is 5.75 Å². The first kappa shape index (κ1) is 20.5. The number of amides is 1. The number of hydrogen-bond acceptors (Lipinski definition) is 7. The SMILES string of the molecule is COC1=CC(C(N)=O)=CCC(OC)=C1.Cc1ccc(C2Nc3ccncc3O2)s1.[HH]. The summed E-state index contributed by atoms with van der Waals surface area (Å²) in [6.45, 7) is 2.10. The largest absolute Gasteiger partial charge is 0.501 e. The van der Waals surface area contributed by atoms with Crippen LogP contribution in [0, 0.1) is 6.92 Å². The van der Waals surface area contributed by atoms with Crippen molar-refractivity contribution in [2.75, 3.05) is 19.5 Å². The molecule has 4 rings (SSSR count). The molecule has 2 aromatic heterocycles. The van der Waals surface area contributed by atoms with E-state index in [1.165, 1.54) is 16.9 Å². The molecule has 1 aliphatic heterocycles. The van der Waals surface area contributed by atoms with E-state index in [0.29, 0.717) is 17.8 Å². The number of aromatic nitrogens is 1. The topological polar surface area (TPSA) is 95.7 Å². The molecule has 3 N–H and O–H groups in total. The highest BCUT2D eigenvalue weighted by Gasteiger charge is 2.24. The van der Waals surface area contributed by atoms with E-state index in [-0.39, 0.29) is 7.65 Å². The number of anilines is 1. The number of fused-ring (bicyclic) bond motifs is 1. The van der Waals surface area contributed by atoms with Crippen LogP contribution in [0.3, 0.4) is 0 Å². The number of carbonyl (C=O) groups is 1. The first-order valence-electron chi connectivity index (χ1n) is 8.94. The summed E-state index contributed by atoms with van der Waals surface area (Å²) < 4.78 is 15.9. The van der Waals surface area contributed by atoms with Crippen molar-refractivity contribution < 1.29 is 20.4 Å². The highest BCUT2D eigenvalue weighted by molar-refractivity contribution is 7.12. The summed E-state index contributed by atoms with van der Waals surface area (Å²) in [4.78, 5) is 17.5. The quantitative estimate of drug-likeness (QED) is 0.782. The molecule has 0 saturated carbocycles. The van der Waals surface area contributed by atoms with Crippen LogP contribution in [0.4, 0.5) is 5.69 Å². The van der Waals surface area contributed by atoms with Crippen molar-refractivity contribution in [1.29, 1.82) is 0 Å². The van der Waals surface area contributed by atoms with Crippen LogP contribution >= 0.6 is 11.3 Å². The number of ether oxygens (including phenoxy) is 3. The van der Waals surface area contributed by atoms with Gasteiger partial charge in [0.05, 0.1) is 31.0 Å². The van der Waals surface area contributed by atoms with Gasteiger partial charge in [-0.25, -0.2) is 0 Å². The number of hydrogen-bond donors (Lipinski definition) is 2. The molecule has 1 aliphatic carbocycles. The fourth-order valence-corrected chi connectivity index (χ4v) is 3.59. The Labute approximate surface area is 175 Å². The number of rotatable bonds is 4. The molecule has 8 heteroatoms. The number of aryl methyl sites for hydroxylation is 1. The van der Waals surface area contributed by atoms with E-state index in [4.69, 9.17) is 19.9 Å². The zero-order chi connectivity index (χ0) is 20.8. The summed E-state index contributed by atoms with van der Waals surface area (Å²) in [6.07, 6.45) is 9.02. The zero-order valence-electron chi connectivity index (χ0n) is 16.5. The molecule has 2 aliphatic rings. The molecule has 1 atom stereocenters. The summed E-state index contributed by atoms with van der Waals surface area (Å²) in [5.41, 5.74) is 6.62. The molecule has 2 aromatic rings. The van der Waals surface area contributed by atoms with Gasteiger partial charge in [0.25, 0.3) is 0 Å². The molecular formula is C21H25N3O4S. The van der Waals surface area contributed by atoms with Gasteiger partial charge in [0, 0.05) is 30.6 Å². The van der Waals surface area contributed by atoms with Crippen molar-refractivity contribution in [2.45, 2.75) is 19.6 Å². The number of methoxy groups -OCH3 is 2. The predicted octanol–water partition coefficient (Wildman–Crippen LogP) is 4.06. The second-order valence-electron chi connectivity index (χ2n) is 6.26. The molecule has 0 fully saturated rings. The number of carbonyl (C=O) groups excluding carboxylic acids is 1. The molecule has 154 valence electrons. The van der Waals surface area contributed by atoms with Crippen molar-refractivity contribution in [3.8, 4) is 5.75 Å². The molecule has 29 heavy (non-hydrogen) atoms. The van der Waals surface area contributed by atoms with Crippen molar-refractivity contribution in [2.24, 2.45) is 5.73 Å². The number of allylic oxidation sites excluding steroid dienone is 2. The number of pyridine rings is 1. The molecule has 0 radical (unpaired) electrons. The van der Waals surface area contributed by atoms with Gasteiger partial charge in [-0.05, 0) is 31.2 Å². The van der Waals surface area contributed by atoms with Crippen molar-refractivity contribution >= 4 is 22.9 Å². The van der Waals surface area contributed by atoms with E-state index in [2.05, 4.69) is 29.4 Å². The van der Waals surface area contributed by atoms with Gasteiger partial charge in [-0.15, -0.1) is 11.3 Å². The van der Waals surface area contributed by atoms with Crippen LogP contribution in [0.15, 0.2) is 65.9 Å². The minimum Gasteiger partial charge on any atom is -0.501 e. The minimum absolute atomic E-state index is 0. The average molecular weight is 416 g/mol. The Morgan fingerprint density at radius 3 is 2.76 bits per heavy atom. The second kappa shape index (κ2) is 9.29. The maximum absolute atomic E-state index is 11.0. The standard InChI is InChI=1S/C11H10N2OS.C10H13NO3.H2/c1-7-2-3-10(15-7)11-13-8-4-5-12-6-9(8)14-11;1-13-8-4-3-7(10(11)12)5-9(6-8)14-2;/h2-6,11,13H,1H3;3,5-6H,4H2,1-2H3,(H2,11,12);1H. The smallest absolute Gasteiger partial charge is 0.248 e. The number of thiophene rings is 1. The summed E-state index contributed by atoms with van der Waals surface area (Å²) in [6, 6.07) is 6.12. The van der Waals surface area contributed by atoms with Crippen LogP contribution in [-0.4, -0.2) is 25.1 Å². The highest BCUT2D eigenvalue weighted by atomic mass is 32.1. The highest BCUT2D eigenvalue weighted by Crippen LogP contribution is 2.38. The van der Waals surface area contributed by atoms with Gasteiger partial charge in [0.1, 0.15) is 11.5 Å². The van der Waals surface area contributed by atoms with Crippen LogP contribution in [0.2, 0.25) is 0 Å². The maximum atomic E-state index is 11.0. The third-order valence-corrected chi connectivity index (χ3v) is 5.29. The molecule has 0 spiro atoms. The van der Waals surface area contributed by atoms with Crippen LogP contribution in [-0.2, 0) is 14.3 Å². The Morgan fingerprint density at radius 2 is 2.14 bits per heavy atom. The fraction of sp³-hybridized carbons (Fsp3) is 0.238. The summed E-state index contributed by atoms with van der Waals surface area (Å²) in [7, 11) is 3.10. The molecule has 7 nitrogen and oxygen atoms in total. The normalized spacial score (nSPS) is 17.1. The molecule has 0 saturated heterocycles. The summed E-state index contributed by atoms with van der Waals surface area (Å²) in [5, 5.41) is 3.31. The lowest BCUT2D eigenvalue weighted by Crippen LogP contribution is -2.12. The molecular weight excluding hydrogens is 390 g/mol. The van der Waals surface area contributed by atoms with Gasteiger partial charge in [0.2, 0.25) is 12.1 Å². The summed E-state index contributed by atoms with van der Waals surface area (Å²) >= 11 is 1.75. The van der Waals surface area contributed by atoms with E-state index in [1.807, 2.05) is 6.07 Å². The minimum atomic E-state index is -0.467. The molecule has 3 heterocycles. The van der Waals surface area contributed by atoms with Crippen molar-refractivity contribution in [3.05, 3.63) is 75.7 Å². The Hall–Kier alpha value is -3.26. The Kier molecular flexibility index (Phi) is 6.56. The van der Waals surface area contributed by atoms with E-state index >= 15 is 0 Å². The van der Waals surface area contributed by atoms with E-state index in [0.717, 1.165) is 17.2 Å². The maximum Gasteiger partial charge on any atom is 0.248 e. The van der Waals surface area contributed by atoms with Crippen LogP contribution < -0.4 is 15.8 Å². The fourth-order valence-electron chi connectivity index (χ4n) is 2.73. The Balaban J connectivity index is 0.000000208. The molecule has 1 unspecified atom stereocenters. The molecule has 1 amide bonds. The van der Waals surface area contributed by atoms with Crippen molar-refractivity contribution in [3.63, 3.8) is 0 Å². The van der Waals surface area contributed by atoms with E-state index in [9.17, 15) is 4.79 Å². The van der Waals surface area contributed by atoms with Crippen molar-refractivity contribution in [1.82, 2.24) is 4.98 Å². The van der Waals surface area contributed by atoms with E-state index in [1.54, 1.807) is 49.1 Å². The van der Waals surface area contributed by atoms with Gasteiger partial charge in [-0.2, -0.15) is 0 Å². The van der Waals surface area contributed by atoms with Gasteiger partial charge in [-0.3, -0.25) is 9.78 Å². The zero-order valence-corrected chi connectivity index (χ0v) is 17.3. The first-order valence-corrected chi connectivity index (χ1v) is 9.75. The lowest BCUT2D eigenvalue weighted by atomic mass is 10.2. The number of primary amides is 1. The Morgan fingerprint density at radius 1 is 1.31 bits per heavy atom. The lowest BCUT2D eigenvalue weighted by molar-refractivity contribution is -0.114. The van der Waals surface area contributed by atoms with E-state index < -0.39 is 5.91 Å². The van der Waals surface area contributed by atoms with Gasteiger partial charge >= 0.3 is 0 Å². The van der Waals surface area contributed by atoms with Crippen LogP contribution in [0.5, 0.6) is 5.75 Å². The lowest BCUT2D eigenvalue weighted by Gasteiger charge is -2.07. The summed E-state index contributed by atoms with van der Waals surface area (Å²) in [5.74, 6) is 1.65. The first-order chi connectivity index (χ1) is 14.0. The molecule has 0 aromatic carbocycles. The monoisotopic (exact) mass is 415 g/mol. The Bertz CT molecular complexity index is 959. The third-order valence-electron chi connectivity index (χ3n) is 4.24. The number of nitrogens with two attached hydrogens (primary N) is 1.